The van der Waals surface area contributed by atoms with E-state index in [1.807, 2.05) is 25.1 Å². The number of anilines is 1. The van der Waals surface area contributed by atoms with Crippen LogP contribution in [0.5, 0.6) is 0 Å². The molecule has 0 aliphatic heterocycles. The van der Waals surface area contributed by atoms with Crippen LogP contribution >= 0.6 is 0 Å². The van der Waals surface area contributed by atoms with E-state index >= 15 is 0 Å². The molecule has 0 unspecified atom stereocenters. The monoisotopic (exact) mass is 243 g/mol. The van der Waals surface area contributed by atoms with Crippen LogP contribution in [0.3, 0.4) is 0 Å². The average molecular weight is 243 g/mol. The molecule has 18 heavy (non-hydrogen) atoms. The number of hydrogen-bond acceptors (Lipinski definition) is 3. The minimum atomic E-state index is -0.0878. The third-order valence-electron chi connectivity index (χ3n) is 2.52. The zero-order chi connectivity index (χ0) is 13.4. The van der Waals surface area contributed by atoms with Gasteiger partial charge in [0.05, 0.1) is 12.5 Å². The molecule has 1 rings (SSSR count). The predicted octanol–water partition coefficient (Wildman–Crippen LogP) is 2.04. The maximum Gasteiger partial charge on any atom is 0.246 e. The average Bonchev–Trinajstić information content (AvgIpc) is 2.37. The van der Waals surface area contributed by atoms with Gasteiger partial charge in [-0.15, -0.1) is 0 Å². The molecular formula is C14H17N3O. The first-order valence-corrected chi connectivity index (χ1v) is 5.87. The van der Waals surface area contributed by atoms with Gasteiger partial charge in [0.2, 0.25) is 5.91 Å². The van der Waals surface area contributed by atoms with Gasteiger partial charge in [-0.3, -0.25) is 4.79 Å². The summed E-state index contributed by atoms with van der Waals surface area (Å²) in [6.45, 7) is 2.96. The molecule has 94 valence electrons. The molecule has 0 aliphatic carbocycles. The lowest BCUT2D eigenvalue weighted by Gasteiger charge is -2.17. The number of carbonyl (C=O) groups is 1. The highest BCUT2D eigenvalue weighted by Crippen LogP contribution is 2.08. The van der Waals surface area contributed by atoms with Gasteiger partial charge in [-0.05, 0) is 30.7 Å². The molecule has 0 spiro atoms. The van der Waals surface area contributed by atoms with E-state index in [2.05, 4.69) is 0 Å². The van der Waals surface area contributed by atoms with Crippen LogP contribution in [0.2, 0.25) is 0 Å². The Balaban J connectivity index is 2.65. The standard InChI is InChI=1S/C14H17N3O/c1-2-17(10-4-9-15)14(18)8-7-12-5-3-6-13(16)11-12/h3,5-8,11H,2,4,10,16H2,1H3/b8-7+. The van der Waals surface area contributed by atoms with E-state index in [1.54, 1.807) is 23.1 Å². The van der Waals surface area contributed by atoms with Gasteiger partial charge in [0.1, 0.15) is 0 Å². The molecule has 1 amide bonds. The number of carbonyl (C=O) groups excluding carboxylic acids is 1. The number of rotatable bonds is 5. The van der Waals surface area contributed by atoms with Gasteiger partial charge in [0.25, 0.3) is 0 Å². The summed E-state index contributed by atoms with van der Waals surface area (Å²) in [6, 6.07) is 9.35. The van der Waals surface area contributed by atoms with Crippen molar-refractivity contribution in [1.29, 1.82) is 5.26 Å². The van der Waals surface area contributed by atoms with Crippen molar-refractivity contribution in [3.05, 3.63) is 35.9 Å². The first kappa shape index (κ1) is 13.8. The maximum absolute atomic E-state index is 11.8. The van der Waals surface area contributed by atoms with Gasteiger partial charge in [-0.25, -0.2) is 0 Å². The number of benzene rings is 1. The van der Waals surface area contributed by atoms with Crippen molar-refractivity contribution in [2.45, 2.75) is 13.3 Å². The molecule has 4 nitrogen and oxygen atoms in total. The summed E-state index contributed by atoms with van der Waals surface area (Å²) in [5, 5.41) is 8.51. The van der Waals surface area contributed by atoms with E-state index in [-0.39, 0.29) is 5.91 Å². The molecule has 1 aromatic rings. The van der Waals surface area contributed by atoms with Crippen molar-refractivity contribution in [1.82, 2.24) is 4.90 Å². The fraction of sp³-hybridized carbons (Fsp3) is 0.286. The largest absolute Gasteiger partial charge is 0.399 e. The zero-order valence-corrected chi connectivity index (χ0v) is 10.5. The molecule has 0 saturated carbocycles. The van der Waals surface area contributed by atoms with Crippen LogP contribution in [-0.4, -0.2) is 23.9 Å². The summed E-state index contributed by atoms with van der Waals surface area (Å²) in [6.07, 6.45) is 3.59. The lowest BCUT2D eigenvalue weighted by atomic mass is 10.2. The number of amides is 1. The molecule has 1 aromatic carbocycles. The highest BCUT2D eigenvalue weighted by molar-refractivity contribution is 5.91. The molecule has 0 saturated heterocycles. The number of nitriles is 1. The molecule has 0 heterocycles. The smallest absolute Gasteiger partial charge is 0.246 e. The summed E-state index contributed by atoms with van der Waals surface area (Å²) in [5.41, 5.74) is 7.21. The van der Waals surface area contributed by atoms with Crippen molar-refractivity contribution < 1.29 is 4.79 Å². The molecule has 4 heteroatoms. The van der Waals surface area contributed by atoms with Crippen LogP contribution in [0.4, 0.5) is 5.69 Å². The first-order valence-electron chi connectivity index (χ1n) is 5.87. The third-order valence-corrected chi connectivity index (χ3v) is 2.52. The lowest BCUT2D eigenvalue weighted by molar-refractivity contribution is -0.125. The number of nitrogens with two attached hydrogens (primary N) is 1. The number of likely N-dealkylation sites (N-methyl/N-ethyl adjacent to an activating group) is 1. The summed E-state index contributed by atoms with van der Waals surface area (Å²) < 4.78 is 0. The van der Waals surface area contributed by atoms with E-state index in [4.69, 9.17) is 11.0 Å². The van der Waals surface area contributed by atoms with Gasteiger partial charge in [0, 0.05) is 24.9 Å². The second kappa shape index (κ2) is 7.13. The predicted molar refractivity (Wildman–Crippen MR) is 72.4 cm³/mol. The molecule has 0 bridgehead atoms. The SMILES string of the molecule is CCN(CCC#N)C(=O)/C=C/c1cccc(N)c1. The van der Waals surface area contributed by atoms with Crippen molar-refractivity contribution in [3.63, 3.8) is 0 Å². The molecule has 0 aromatic heterocycles. The van der Waals surface area contributed by atoms with Crippen LogP contribution in [-0.2, 0) is 4.79 Å². The van der Waals surface area contributed by atoms with E-state index < -0.39 is 0 Å². The Morgan fingerprint density at radius 3 is 2.94 bits per heavy atom. The van der Waals surface area contributed by atoms with Gasteiger partial charge in [-0.2, -0.15) is 5.26 Å². The molecule has 0 radical (unpaired) electrons. The minimum Gasteiger partial charge on any atom is -0.399 e. The topological polar surface area (TPSA) is 70.1 Å². The number of nitrogens with zero attached hydrogens (tertiary/aromatic N) is 2. The molecule has 0 atom stereocenters. The quantitative estimate of drug-likeness (QED) is 0.635. The Labute approximate surface area is 107 Å². The second-order valence-corrected chi connectivity index (χ2v) is 3.83. The van der Waals surface area contributed by atoms with Gasteiger partial charge >= 0.3 is 0 Å². The number of hydrogen-bond donors (Lipinski definition) is 1. The van der Waals surface area contributed by atoms with Crippen LogP contribution in [0.1, 0.15) is 18.9 Å². The van der Waals surface area contributed by atoms with Crippen LogP contribution in [0.25, 0.3) is 6.08 Å². The summed E-state index contributed by atoms with van der Waals surface area (Å²) >= 11 is 0. The van der Waals surface area contributed by atoms with Crippen LogP contribution < -0.4 is 5.73 Å². The maximum atomic E-state index is 11.8. The molecule has 0 fully saturated rings. The Morgan fingerprint density at radius 1 is 1.56 bits per heavy atom. The summed E-state index contributed by atoms with van der Waals surface area (Å²) in [7, 11) is 0. The van der Waals surface area contributed by atoms with Gasteiger partial charge < -0.3 is 10.6 Å². The van der Waals surface area contributed by atoms with E-state index in [9.17, 15) is 4.79 Å². The Bertz CT molecular complexity index is 474. The van der Waals surface area contributed by atoms with Crippen molar-refractivity contribution in [2.24, 2.45) is 0 Å². The number of nitrogen functional groups attached to an aromatic ring is 1. The second-order valence-electron chi connectivity index (χ2n) is 3.83. The van der Waals surface area contributed by atoms with Crippen LogP contribution in [0, 0.1) is 11.3 Å². The molecule has 2 N–H and O–H groups in total. The van der Waals surface area contributed by atoms with Crippen molar-refractivity contribution in [2.75, 3.05) is 18.8 Å². The van der Waals surface area contributed by atoms with E-state index in [1.165, 1.54) is 6.08 Å². The van der Waals surface area contributed by atoms with Crippen molar-refractivity contribution in [3.8, 4) is 6.07 Å². The highest BCUT2D eigenvalue weighted by atomic mass is 16.2. The Kier molecular flexibility index (Phi) is 5.46. The molecule has 0 aliphatic rings. The Hall–Kier alpha value is -2.28. The summed E-state index contributed by atoms with van der Waals surface area (Å²) in [4.78, 5) is 13.5. The highest BCUT2D eigenvalue weighted by Gasteiger charge is 2.06. The molecular weight excluding hydrogens is 226 g/mol. The van der Waals surface area contributed by atoms with Gasteiger partial charge in [0.15, 0.2) is 0 Å². The fourth-order valence-corrected chi connectivity index (χ4v) is 1.54. The summed E-state index contributed by atoms with van der Waals surface area (Å²) in [5.74, 6) is -0.0878. The third kappa shape index (κ3) is 4.30. The Morgan fingerprint density at radius 2 is 2.33 bits per heavy atom. The lowest BCUT2D eigenvalue weighted by Crippen LogP contribution is -2.29. The van der Waals surface area contributed by atoms with E-state index in [0.29, 0.717) is 25.2 Å². The first-order chi connectivity index (χ1) is 8.67. The van der Waals surface area contributed by atoms with Crippen molar-refractivity contribution >= 4 is 17.7 Å². The fourth-order valence-electron chi connectivity index (χ4n) is 1.54. The normalized spacial score (nSPS) is 10.2. The van der Waals surface area contributed by atoms with Crippen LogP contribution in [0.15, 0.2) is 30.3 Å². The zero-order valence-electron chi connectivity index (χ0n) is 10.5. The van der Waals surface area contributed by atoms with Gasteiger partial charge in [-0.1, -0.05) is 12.1 Å². The van der Waals surface area contributed by atoms with E-state index in [0.717, 1.165) is 5.56 Å². The minimum absolute atomic E-state index is 0.0878.